The van der Waals surface area contributed by atoms with Crippen molar-refractivity contribution in [1.29, 1.82) is 0 Å². The predicted octanol–water partition coefficient (Wildman–Crippen LogP) is 4.68. The molecular weight excluding hydrogens is 358 g/mol. The highest BCUT2D eigenvalue weighted by molar-refractivity contribution is 6.31. The van der Waals surface area contributed by atoms with E-state index in [4.69, 9.17) is 11.6 Å². The molecule has 0 saturated carbocycles. The number of nitrogens with one attached hydrogen (secondary N) is 2. The van der Waals surface area contributed by atoms with Crippen LogP contribution in [0.5, 0.6) is 0 Å². The lowest BCUT2D eigenvalue weighted by Crippen LogP contribution is -2.35. The average Bonchev–Trinajstić information content (AvgIpc) is 3.05. The SMILES string of the molecule is Cc1ccccc1Nc1cc(Cl)cc(C(=O)NC2Cc3ccccc3C2)n1. The number of amides is 1. The number of aromatic nitrogens is 1. The molecule has 0 atom stereocenters. The van der Waals surface area contributed by atoms with Crippen LogP contribution >= 0.6 is 11.6 Å². The Labute approximate surface area is 163 Å². The van der Waals surface area contributed by atoms with E-state index in [0.29, 0.717) is 16.5 Å². The molecule has 5 heteroatoms. The summed E-state index contributed by atoms with van der Waals surface area (Å²) in [5, 5.41) is 6.80. The van der Waals surface area contributed by atoms with Crippen molar-refractivity contribution in [2.24, 2.45) is 0 Å². The standard InChI is InChI=1S/C22H20ClN3O/c1-14-6-2-5-9-19(14)25-21-13-17(23)12-20(26-21)22(27)24-18-10-15-7-3-4-8-16(15)11-18/h2-9,12-13,18H,10-11H2,1H3,(H,24,27)(H,25,26). The van der Waals surface area contributed by atoms with Crippen molar-refractivity contribution in [2.45, 2.75) is 25.8 Å². The van der Waals surface area contributed by atoms with Gasteiger partial charge in [-0.2, -0.15) is 0 Å². The molecule has 0 aliphatic heterocycles. The summed E-state index contributed by atoms with van der Waals surface area (Å²) >= 11 is 6.23. The lowest BCUT2D eigenvalue weighted by molar-refractivity contribution is 0.0933. The number of halogens is 1. The van der Waals surface area contributed by atoms with Gasteiger partial charge in [-0.05, 0) is 54.7 Å². The summed E-state index contributed by atoms with van der Waals surface area (Å²) < 4.78 is 0. The van der Waals surface area contributed by atoms with Crippen molar-refractivity contribution in [1.82, 2.24) is 10.3 Å². The molecule has 0 spiro atoms. The summed E-state index contributed by atoms with van der Waals surface area (Å²) in [6.07, 6.45) is 1.69. The van der Waals surface area contributed by atoms with Gasteiger partial charge < -0.3 is 10.6 Å². The molecule has 4 rings (SSSR count). The molecule has 3 aromatic rings. The molecular formula is C22H20ClN3O. The number of carbonyl (C=O) groups excluding carboxylic acids is 1. The number of nitrogens with zero attached hydrogens (tertiary/aromatic N) is 1. The maximum atomic E-state index is 12.7. The first-order valence-corrected chi connectivity index (χ1v) is 9.34. The first-order valence-electron chi connectivity index (χ1n) is 8.96. The fourth-order valence-electron chi connectivity index (χ4n) is 3.45. The van der Waals surface area contributed by atoms with Crippen LogP contribution < -0.4 is 10.6 Å². The van der Waals surface area contributed by atoms with E-state index in [1.165, 1.54) is 11.1 Å². The smallest absolute Gasteiger partial charge is 0.270 e. The molecule has 0 unspecified atom stereocenters. The van der Waals surface area contributed by atoms with Gasteiger partial charge in [-0.25, -0.2) is 4.98 Å². The molecule has 136 valence electrons. The van der Waals surface area contributed by atoms with E-state index >= 15 is 0 Å². The van der Waals surface area contributed by atoms with Crippen molar-refractivity contribution < 1.29 is 4.79 Å². The van der Waals surface area contributed by atoms with Crippen molar-refractivity contribution >= 4 is 29.0 Å². The van der Waals surface area contributed by atoms with Crippen molar-refractivity contribution in [3.8, 4) is 0 Å². The fraction of sp³-hybridized carbons (Fsp3) is 0.182. The highest BCUT2D eigenvalue weighted by Gasteiger charge is 2.23. The molecule has 0 radical (unpaired) electrons. The third-order valence-corrected chi connectivity index (χ3v) is 5.04. The summed E-state index contributed by atoms with van der Waals surface area (Å²) in [7, 11) is 0. The zero-order chi connectivity index (χ0) is 18.8. The Kier molecular flexibility index (Phi) is 4.82. The normalized spacial score (nSPS) is 13.3. The van der Waals surface area contributed by atoms with Gasteiger partial charge >= 0.3 is 0 Å². The zero-order valence-corrected chi connectivity index (χ0v) is 15.8. The number of anilines is 2. The van der Waals surface area contributed by atoms with E-state index in [1.54, 1.807) is 12.1 Å². The van der Waals surface area contributed by atoms with Gasteiger partial charge in [-0.3, -0.25) is 4.79 Å². The highest BCUT2D eigenvalue weighted by atomic mass is 35.5. The lowest BCUT2D eigenvalue weighted by atomic mass is 10.1. The minimum absolute atomic E-state index is 0.0865. The Bertz CT molecular complexity index is 977. The van der Waals surface area contributed by atoms with E-state index in [1.807, 2.05) is 43.3 Å². The van der Waals surface area contributed by atoms with E-state index in [9.17, 15) is 4.79 Å². The second-order valence-electron chi connectivity index (χ2n) is 6.84. The van der Waals surface area contributed by atoms with Crippen LogP contribution in [0.4, 0.5) is 11.5 Å². The number of hydrogen-bond acceptors (Lipinski definition) is 3. The van der Waals surface area contributed by atoms with Crippen LogP contribution in [0.25, 0.3) is 0 Å². The Morgan fingerprint density at radius 1 is 1.04 bits per heavy atom. The molecule has 1 aromatic heterocycles. The molecule has 0 saturated heterocycles. The summed E-state index contributed by atoms with van der Waals surface area (Å²) in [5.41, 5.74) is 4.93. The molecule has 1 amide bonds. The van der Waals surface area contributed by atoms with E-state index < -0.39 is 0 Å². The van der Waals surface area contributed by atoms with Gasteiger partial charge in [-0.15, -0.1) is 0 Å². The summed E-state index contributed by atoms with van der Waals surface area (Å²) in [4.78, 5) is 17.2. The Morgan fingerprint density at radius 2 is 1.70 bits per heavy atom. The predicted molar refractivity (Wildman–Crippen MR) is 109 cm³/mol. The minimum Gasteiger partial charge on any atom is -0.347 e. The second-order valence-corrected chi connectivity index (χ2v) is 7.28. The number of fused-ring (bicyclic) bond motifs is 1. The number of hydrogen-bond donors (Lipinski definition) is 2. The molecule has 1 aliphatic carbocycles. The van der Waals surface area contributed by atoms with Crippen LogP contribution in [0.3, 0.4) is 0 Å². The number of carbonyl (C=O) groups is 1. The highest BCUT2D eigenvalue weighted by Crippen LogP contribution is 2.24. The first kappa shape index (κ1) is 17.6. The van der Waals surface area contributed by atoms with E-state index in [0.717, 1.165) is 24.1 Å². The number of benzene rings is 2. The second kappa shape index (κ2) is 7.41. The summed E-state index contributed by atoms with van der Waals surface area (Å²) in [5.74, 6) is 0.347. The van der Waals surface area contributed by atoms with Crippen LogP contribution in [-0.4, -0.2) is 16.9 Å². The van der Waals surface area contributed by atoms with E-state index in [-0.39, 0.29) is 11.9 Å². The van der Waals surface area contributed by atoms with E-state index in [2.05, 4.69) is 27.8 Å². The van der Waals surface area contributed by atoms with Crippen molar-refractivity contribution in [3.63, 3.8) is 0 Å². The van der Waals surface area contributed by atoms with Gasteiger partial charge in [0.05, 0.1) is 0 Å². The van der Waals surface area contributed by atoms with Crippen LogP contribution in [0.2, 0.25) is 5.02 Å². The number of aryl methyl sites for hydroxylation is 1. The Balaban J connectivity index is 1.50. The Morgan fingerprint density at radius 3 is 2.41 bits per heavy atom. The molecule has 1 heterocycles. The third kappa shape index (κ3) is 3.96. The molecule has 0 bridgehead atoms. The Hall–Kier alpha value is -2.85. The van der Waals surface area contributed by atoms with Gasteiger partial charge in [0, 0.05) is 16.8 Å². The number of rotatable bonds is 4. The fourth-order valence-corrected chi connectivity index (χ4v) is 3.66. The van der Waals surface area contributed by atoms with Gasteiger partial charge in [0.1, 0.15) is 11.5 Å². The van der Waals surface area contributed by atoms with Crippen LogP contribution in [-0.2, 0) is 12.8 Å². The van der Waals surface area contributed by atoms with Crippen molar-refractivity contribution in [2.75, 3.05) is 5.32 Å². The van der Waals surface area contributed by atoms with Gasteiger partial charge in [0.25, 0.3) is 5.91 Å². The number of para-hydroxylation sites is 1. The molecule has 2 N–H and O–H groups in total. The first-order chi connectivity index (χ1) is 13.1. The molecule has 1 aliphatic rings. The van der Waals surface area contributed by atoms with Gasteiger partial charge in [0.15, 0.2) is 0 Å². The maximum absolute atomic E-state index is 12.7. The molecule has 4 nitrogen and oxygen atoms in total. The lowest BCUT2D eigenvalue weighted by Gasteiger charge is -2.13. The largest absolute Gasteiger partial charge is 0.347 e. The van der Waals surface area contributed by atoms with Gasteiger partial charge in [-0.1, -0.05) is 54.1 Å². The maximum Gasteiger partial charge on any atom is 0.270 e. The molecule has 27 heavy (non-hydrogen) atoms. The summed E-state index contributed by atoms with van der Waals surface area (Å²) in [6, 6.07) is 19.6. The van der Waals surface area contributed by atoms with Gasteiger partial charge in [0.2, 0.25) is 0 Å². The van der Waals surface area contributed by atoms with Crippen LogP contribution in [0, 0.1) is 6.92 Å². The quantitative estimate of drug-likeness (QED) is 0.693. The van der Waals surface area contributed by atoms with Crippen LogP contribution in [0.1, 0.15) is 27.2 Å². The number of pyridine rings is 1. The molecule has 2 aromatic carbocycles. The average molecular weight is 378 g/mol. The van der Waals surface area contributed by atoms with Crippen LogP contribution in [0.15, 0.2) is 60.7 Å². The third-order valence-electron chi connectivity index (χ3n) is 4.82. The minimum atomic E-state index is -0.205. The summed E-state index contributed by atoms with van der Waals surface area (Å²) in [6.45, 7) is 2.01. The topological polar surface area (TPSA) is 54.0 Å². The molecule has 0 fully saturated rings. The zero-order valence-electron chi connectivity index (χ0n) is 15.0. The van der Waals surface area contributed by atoms with Crippen molar-refractivity contribution in [3.05, 3.63) is 88.1 Å². The monoisotopic (exact) mass is 377 g/mol.